The molecule has 0 spiro atoms. The van der Waals surface area contributed by atoms with Crippen molar-refractivity contribution in [3.8, 4) is 0 Å². The number of benzene rings is 1. The Bertz CT molecular complexity index is 685. The predicted molar refractivity (Wildman–Crippen MR) is 62.0 cm³/mol. The maximum Gasteiger partial charge on any atom is 0.673 e. The summed E-state index contributed by atoms with van der Waals surface area (Å²) >= 11 is 0. The van der Waals surface area contributed by atoms with Crippen LogP contribution in [0, 0.1) is 12.3 Å². The zero-order chi connectivity index (χ0) is 14.6. The fourth-order valence-electron chi connectivity index (χ4n) is 1.38. The highest BCUT2D eigenvalue weighted by molar-refractivity contribution is 6.50. The summed E-state index contributed by atoms with van der Waals surface area (Å²) in [6, 6.07) is 3.47. The van der Waals surface area contributed by atoms with Gasteiger partial charge in [-0.2, -0.15) is 0 Å². The van der Waals surface area contributed by atoms with E-state index in [1.165, 1.54) is 6.33 Å². The Morgan fingerprint density at radius 2 is 1.89 bits per heavy atom. The molecule has 0 aliphatic carbocycles. The van der Waals surface area contributed by atoms with E-state index < -0.39 is 7.25 Å². The number of hydrogen-bond acceptors (Lipinski definition) is 3. The fourth-order valence-corrected chi connectivity index (χ4v) is 1.38. The highest BCUT2D eigenvalue weighted by atomic mass is 19.5. The van der Waals surface area contributed by atoms with Gasteiger partial charge < -0.3 is 22.2 Å². The number of aromatic nitrogens is 2. The highest BCUT2D eigenvalue weighted by Crippen LogP contribution is 2.25. The van der Waals surface area contributed by atoms with Crippen molar-refractivity contribution in [3.63, 3.8) is 0 Å². The van der Waals surface area contributed by atoms with Gasteiger partial charge in [-0.25, -0.2) is 4.98 Å². The average Bonchev–Trinajstić information content (AvgIpc) is 2.28. The molecule has 0 bridgehead atoms. The normalized spacial score (nSPS) is 10.5. The van der Waals surface area contributed by atoms with Crippen molar-refractivity contribution in [2.45, 2.75) is 6.92 Å². The summed E-state index contributed by atoms with van der Waals surface area (Å²) in [5, 5.41) is 9.10. The first-order valence-electron chi connectivity index (χ1n) is 4.93. The third kappa shape index (κ3) is 4.06. The third-order valence-electron chi connectivity index (χ3n) is 2.08. The topological polar surface area (TPSA) is 73.9 Å². The lowest BCUT2D eigenvalue weighted by molar-refractivity contribution is 0.368. The van der Waals surface area contributed by atoms with E-state index in [-0.39, 0.29) is 11.2 Å². The van der Waals surface area contributed by atoms with Crippen molar-refractivity contribution in [3.05, 3.63) is 39.4 Å². The van der Waals surface area contributed by atoms with Crippen molar-refractivity contribution >= 4 is 23.8 Å². The van der Waals surface area contributed by atoms with Crippen molar-refractivity contribution in [2.75, 3.05) is 0 Å². The van der Waals surface area contributed by atoms with Gasteiger partial charge in [-0.05, 0) is 19.1 Å². The second kappa shape index (κ2) is 5.47. The number of hydrogen-bond donors (Lipinski definition) is 1. The number of halogens is 4. The van der Waals surface area contributed by atoms with E-state index in [0.717, 1.165) is 5.56 Å². The second-order valence-corrected chi connectivity index (χ2v) is 3.45. The van der Waals surface area contributed by atoms with E-state index >= 15 is 0 Å². The van der Waals surface area contributed by atoms with Gasteiger partial charge in [-0.15, -0.1) is 0 Å². The van der Waals surface area contributed by atoms with Gasteiger partial charge in [0.15, 0.2) is 10.4 Å². The molecule has 0 unspecified atom stereocenters. The van der Waals surface area contributed by atoms with Gasteiger partial charge in [0.2, 0.25) is 5.39 Å². The first-order valence-corrected chi connectivity index (χ1v) is 4.93. The lowest BCUT2D eigenvalue weighted by atomic mass is 10.1. The van der Waals surface area contributed by atoms with Gasteiger partial charge in [0.1, 0.15) is 0 Å². The fraction of sp³-hybridized carbons (Fsp3) is 0.111. The number of aromatic amines is 1. The second-order valence-electron chi connectivity index (χ2n) is 3.45. The molecule has 10 heteroatoms. The molecule has 0 aliphatic heterocycles. The van der Waals surface area contributed by atoms with E-state index in [4.69, 9.17) is 5.39 Å². The standard InChI is InChI=1S/C9H6N4O.BF4/c1-5-2-3-6-7(8(5)13-10)9(14)12-4-11-6;2-1(3,4)5/h2-4H,1H3;/q;-1/p+1. The van der Waals surface area contributed by atoms with Crippen LogP contribution in [0.1, 0.15) is 5.56 Å². The molecule has 0 fully saturated rings. The van der Waals surface area contributed by atoms with Crippen LogP contribution in [0.2, 0.25) is 0 Å². The quantitative estimate of drug-likeness (QED) is 0.456. The summed E-state index contributed by atoms with van der Waals surface area (Å²) in [6.45, 7) is 1.76. The average molecular weight is 274 g/mol. The molecule has 0 amide bonds. The zero-order valence-electron chi connectivity index (χ0n) is 9.57. The number of diazo groups is 1. The minimum atomic E-state index is -6.00. The number of nitrogens with one attached hydrogen (secondary N) is 1. The van der Waals surface area contributed by atoms with Crippen molar-refractivity contribution < 1.29 is 17.3 Å². The minimum absolute atomic E-state index is 0.275. The summed E-state index contributed by atoms with van der Waals surface area (Å²) in [5.41, 5.74) is 1.23. The minimum Gasteiger partial charge on any atom is -0.418 e. The molecule has 0 saturated carbocycles. The number of nitrogens with zero attached hydrogens (tertiary/aromatic N) is 3. The van der Waals surface area contributed by atoms with Crippen molar-refractivity contribution in [2.24, 2.45) is 0 Å². The predicted octanol–water partition coefficient (Wildman–Crippen LogP) is 3.02. The van der Waals surface area contributed by atoms with Crippen LogP contribution in [0.3, 0.4) is 0 Å². The van der Waals surface area contributed by atoms with E-state index in [0.29, 0.717) is 10.9 Å². The van der Waals surface area contributed by atoms with Crippen LogP contribution >= 0.6 is 0 Å². The van der Waals surface area contributed by atoms with Gasteiger partial charge in [0.05, 0.1) is 11.8 Å². The highest BCUT2D eigenvalue weighted by Gasteiger charge is 2.20. The molecule has 1 aromatic carbocycles. The molecular formula is C9H7BF4N4O. The number of aryl methyl sites for hydroxylation is 1. The molecule has 1 N–H and O–H groups in total. The first kappa shape index (κ1) is 14.6. The summed E-state index contributed by atoms with van der Waals surface area (Å²) < 4.78 is 39.0. The van der Waals surface area contributed by atoms with Crippen LogP contribution in [0.4, 0.5) is 23.0 Å². The molecule has 0 atom stereocenters. The molecule has 2 rings (SSSR count). The lowest BCUT2D eigenvalue weighted by Gasteiger charge is -1.94. The molecule has 0 aliphatic rings. The molecule has 1 aromatic heterocycles. The summed E-state index contributed by atoms with van der Waals surface area (Å²) in [7, 11) is -6.00. The van der Waals surface area contributed by atoms with Crippen molar-refractivity contribution in [1.29, 1.82) is 5.39 Å². The Labute approximate surface area is 104 Å². The van der Waals surface area contributed by atoms with Crippen LogP contribution in [0.25, 0.3) is 15.9 Å². The van der Waals surface area contributed by atoms with Gasteiger partial charge in [0, 0.05) is 5.56 Å². The number of rotatable bonds is 0. The Kier molecular flexibility index (Phi) is 4.21. The maximum absolute atomic E-state index is 11.4. The van der Waals surface area contributed by atoms with E-state index in [1.54, 1.807) is 19.1 Å². The van der Waals surface area contributed by atoms with Crippen LogP contribution in [-0.4, -0.2) is 17.2 Å². The van der Waals surface area contributed by atoms with Gasteiger partial charge in [-0.3, -0.25) is 4.79 Å². The van der Waals surface area contributed by atoms with Crippen LogP contribution in [-0.2, 0) is 0 Å². The summed E-state index contributed by atoms with van der Waals surface area (Å²) in [5.74, 6) is 0. The molecule has 0 radical (unpaired) electrons. The zero-order valence-corrected chi connectivity index (χ0v) is 9.57. The molecule has 100 valence electrons. The van der Waals surface area contributed by atoms with Gasteiger partial charge in [0.25, 0.3) is 5.56 Å². The Balaban J connectivity index is 0.000000312. The van der Waals surface area contributed by atoms with E-state index in [1.807, 2.05) is 0 Å². The van der Waals surface area contributed by atoms with Crippen molar-refractivity contribution in [1.82, 2.24) is 9.97 Å². The van der Waals surface area contributed by atoms with E-state index in [2.05, 4.69) is 14.9 Å². The molecule has 0 saturated heterocycles. The molecule has 19 heavy (non-hydrogen) atoms. The van der Waals surface area contributed by atoms with Gasteiger partial charge in [-0.1, -0.05) is 0 Å². The summed E-state index contributed by atoms with van der Waals surface area (Å²) in [6.07, 6.45) is 1.32. The monoisotopic (exact) mass is 274 g/mol. The first-order chi connectivity index (χ1) is 8.74. The maximum atomic E-state index is 11.4. The number of H-pyrrole nitrogens is 1. The van der Waals surface area contributed by atoms with Crippen LogP contribution in [0.15, 0.2) is 23.3 Å². The van der Waals surface area contributed by atoms with Gasteiger partial charge >= 0.3 is 12.9 Å². The largest absolute Gasteiger partial charge is 0.673 e. The van der Waals surface area contributed by atoms with E-state index in [9.17, 15) is 22.1 Å². The lowest BCUT2D eigenvalue weighted by Crippen LogP contribution is -2.06. The molecule has 1 heterocycles. The molecule has 5 nitrogen and oxygen atoms in total. The van der Waals surface area contributed by atoms with Crippen LogP contribution in [0.5, 0.6) is 0 Å². The third-order valence-corrected chi connectivity index (χ3v) is 2.08. The summed E-state index contributed by atoms with van der Waals surface area (Å²) in [4.78, 5) is 20.9. The Morgan fingerprint density at radius 3 is 2.42 bits per heavy atom. The number of fused-ring (bicyclic) bond motifs is 1. The molecule has 2 aromatic rings. The smallest absolute Gasteiger partial charge is 0.418 e. The SMILES string of the molecule is Cc1ccc2nc[nH]c(=O)c2c1[N+]#N.F[B-](F)(F)F. The Hall–Kier alpha value is -2.44. The molecular weight excluding hydrogens is 267 g/mol. The Morgan fingerprint density at radius 1 is 1.32 bits per heavy atom. The van der Waals surface area contributed by atoms with Crippen LogP contribution < -0.4 is 5.56 Å².